The second-order valence-electron chi connectivity index (χ2n) is 4.21. The summed E-state index contributed by atoms with van der Waals surface area (Å²) in [5, 5.41) is 0.730. The quantitative estimate of drug-likeness (QED) is 0.789. The van der Waals surface area contributed by atoms with E-state index < -0.39 is 0 Å². The van der Waals surface area contributed by atoms with Crippen molar-refractivity contribution < 1.29 is 0 Å². The van der Waals surface area contributed by atoms with Crippen molar-refractivity contribution in [1.82, 2.24) is 9.97 Å². The largest absolute Gasteiger partial charge is 0.343 e. The van der Waals surface area contributed by atoms with E-state index in [0.29, 0.717) is 0 Å². The van der Waals surface area contributed by atoms with Gasteiger partial charge >= 0.3 is 0 Å². The van der Waals surface area contributed by atoms with Crippen molar-refractivity contribution in [3.05, 3.63) is 45.2 Å². The first-order valence-electron chi connectivity index (χ1n) is 5.62. The molecule has 0 bridgehead atoms. The van der Waals surface area contributed by atoms with Crippen LogP contribution in [0.25, 0.3) is 11.4 Å². The molecule has 3 rings (SSSR count). The Kier molecular flexibility index (Phi) is 2.73. The van der Waals surface area contributed by atoms with Gasteiger partial charge in [-0.3, -0.25) is 0 Å². The number of nitrogens with zero attached hydrogens (tertiary/aromatic N) is 1. The summed E-state index contributed by atoms with van der Waals surface area (Å²) in [6.45, 7) is 0. The molecule has 1 aromatic carbocycles. The maximum absolute atomic E-state index is 5.87. The predicted octanol–water partition coefficient (Wildman–Crippen LogP) is 3.95. The molecular formula is C13H11ClN2S. The van der Waals surface area contributed by atoms with Crippen molar-refractivity contribution in [2.45, 2.75) is 19.3 Å². The van der Waals surface area contributed by atoms with Crippen LogP contribution in [0.15, 0.2) is 24.3 Å². The number of hydrogen-bond donors (Lipinski definition) is 1. The van der Waals surface area contributed by atoms with E-state index in [2.05, 4.69) is 9.97 Å². The Morgan fingerprint density at radius 1 is 1.18 bits per heavy atom. The Bertz CT molecular complexity index is 616. The number of aryl methyl sites for hydroxylation is 1. The summed E-state index contributed by atoms with van der Waals surface area (Å²) in [5.74, 6) is 0.840. The van der Waals surface area contributed by atoms with Gasteiger partial charge in [-0.1, -0.05) is 23.8 Å². The van der Waals surface area contributed by atoms with Crippen molar-refractivity contribution in [1.29, 1.82) is 0 Å². The molecule has 0 amide bonds. The van der Waals surface area contributed by atoms with Crippen molar-refractivity contribution >= 4 is 23.8 Å². The molecule has 2 nitrogen and oxygen atoms in total. The molecule has 1 aromatic heterocycles. The maximum atomic E-state index is 5.87. The molecule has 0 unspecified atom stereocenters. The van der Waals surface area contributed by atoms with Crippen LogP contribution in [0.1, 0.15) is 17.7 Å². The molecule has 2 aromatic rings. The van der Waals surface area contributed by atoms with Crippen LogP contribution < -0.4 is 0 Å². The molecule has 1 N–H and O–H groups in total. The summed E-state index contributed by atoms with van der Waals surface area (Å²) in [5.41, 5.74) is 3.49. The van der Waals surface area contributed by atoms with Crippen LogP contribution >= 0.6 is 23.8 Å². The number of benzene rings is 1. The lowest BCUT2D eigenvalue weighted by atomic mass is 10.2. The minimum atomic E-state index is 0.730. The molecule has 4 heteroatoms. The molecule has 0 radical (unpaired) electrons. The van der Waals surface area contributed by atoms with Gasteiger partial charge in [-0.25, -0.2) is 4.98 Å². The molecular weight excluding hydrogens is 252 g/mol. The predicted molar refractivity (Wildman–Crippen MR) is 71.9 cm³/mol. The highest BCUT2D eigenvalue weighted by molar-refractivity contribution is 7.71. The minimum Gasteiger partial charge on any atom is -0.343 e. The van der Waals surface area contributed by atoms with Crippen molar-refractivity contribution in [3.63, 3.8) is 0 Å². The monoisotopic (exact) mass is 262 g/mol. The van der Waals surface area contributed by atoms with Gasteiger partial charge in [0.05, 0.1) is 0 Å². The highest BCUT2D eigenvalue weighted by Gasteiger charge is 2.15. The Balaban J connectivity index is 2.13. The number of rotatable bonds is 1. The Morgan fingerprint density at radius 3 is 2.71 bits per heavy atom. The van der Waals surface area contributed by atoms with E-state index in [1.54, 1.807) is 0 Å². The molecule has 86 valence electrons. The fourth-order valence-corrected chi connectivity index (χ4v) is 2.64. The second-order valence-corrected chi connectivity index (χ2v) is 5.03. The molecule has 0 aliphatic heterocycles. The molecule has 0 atom stereocenters. The van der Waals surface area contributed by atoms with E-state index in [-0.39, 0.29) is 0 Å². The number of nitrogens with one attached hydrogen (secondary N) is 1. The van der Waals surface area contributed by atoms with Crippen LogP contribution in [0, 0.1) is 4.64 Å². The van der Waals surface area contributed by atoms with Gasteiger partial charge in [0, 0.05) is 21.8 Å². The van der Waals surface area contributed by atoms with Gasteiger partial charge in [0.15, 0.2) is 0 Å². The molecule has 0 spiro atoms. The third kappa shape index (κ3) is 2.01. The van der Waals surface area contributed by atoms with Crippen LogP contribution in [0.4, 0.5) is 0 Å². The lowest BCUT2D eigenvalue weighted by Gasteiger charge is -2.05. The molecule has 1 heterocycles. The third-order valence-electron chi connectivity index (χ3n) is 3.08. The molecule has 0 fully saturated rings. The first kappa shape index (κ1) is 10.9. The van der Waals surface area contributed by atoms with Crippen LogP contribution in [0.2, 0.25) is 5.02 Å². The number of H-pyrrole nitrogens is 1. The fourth-order valence-electron chi connectivity index (χ4n) is 2.20. The summed E-state index contributed by atoms with van der Waals surface area (Å²) in [6, 6.07) is 7.64. The minimum absolute atomic E-state index is 0.730. The Labute approximate surface area is 110 Å². The first-order chi connectivity index (χ1) is 8.24. The molecule has 0 saturated heterocycles. The van der Waals surface area contributed by atoms with Gasteiger partial charge in [0.1, 0.15) is 10.5 Å². The van der Waals surface area contributed by atoms with Crippen LogP contribution in [0.5, 0.6) is 0 Å². The van der Waals surface area contributed by atoms with Crippen molar-refractivity contribution in [2.75, 3.05) is 0 Å². The summed E-state index contributed by atoms with van der Waals surface area (Å²) in [7, 11) is 0. The Hall–Kier alpha value is -1.19. The smallest absolute Gasteiger partial charge is 0.139 e. The Morgan fingerprint density at radius 2 is 1.94 bits per heavy atom. The van der Waals surface area contributed by atoms with Gasteiger partial charge in [-0.2, -0.15) is 0 Å². The third-order valence-corrected chi connectivity index (χ3v) is 3.67. The summed E-state index contributed by atoms with van der Waals surface area (Å²) in [6.07, 6.45) is 3.29. The SMILES string of the molecule is S=c1nc(-c2ccc(Cl)cc2)[nH]c2c1CCC2. The summed E-state index contributed by atoms with van der Waals surface area (Å²) >= 11 is 11.2. The lowest BCUT2D eigenvalue weighted by Crippen LogP contribution is -1.97. The maximum Gasteiger partial charge on any atom is 0.139 e. The standard InChI is InChI=1S/C13H11ClN2S/c14-9-6-4-8(5-7-9)12-15-11-3-1-2-10(11)13(17)16-12/h4-7H,1-3H2,(H,15,16,17). The normalized spacial score (nSPS) is 13.7. The zero-order valence-corrected chi connectivity index (χ0v) is 10.7. The topological polar surface area (TPSA) is 28.7 Å². The van der Waals surface area contributed by atoms with E-state index in [4.69, 9.17) is 23.8 Å². The average Bonchev–Trinajstić information content (AvgIpc) is 2.78. The van der Waals surface area contributed by atoms with Crippen molar-refractivity contribution in [3.8, 4) is 11.4 Å². The van der Waals surface area contributed by atoms with Crippen LogP contribution in [0.3, 0.4) is 0 Å². The van der Waals surface area contributed by atoms with E-state index in [9.17, 15) is 0 Å². The van der Waals surface area contributed by atoms with Crippen LogP contribution in [-0.4, -0.2) is 9.97 Å². The molecule has 1 aliphatic rings. The van der Waals surface area contributed by atoms with E-state index in [1.807, 2.05) is 24.3 Å². The molecule has 17 heavy (non-hydrogen) atoms. The van der Waals surface area contributed by atoms with E-state index in [1.165, 1.54) is 17.7 Å². The number of fused-ring (bicyclic) bond motifs is 1. The highest BCUT2D eigenvalue weighted by atomic mass is 35.5. The van der Waals surface area contributed by atoms with Crippen LogP contribution in [-0.2, 0) is 12.8 Å². The molecule has 0 saturated carbocycles. The summed E-state index contributed by atoms with van der Waals surface area (Å²) in [4.78, 5) is 7.84. The molecule has 1 aliphatic carbocycles. The average molecular weight is 263 g/mol. The number of hydrogen-bond acceptors (Lipinski definition) is 2. The first-order valence-corrected chi connectivity index (χ1v) is 6.41. The van der Waals surface area contributed by atoms with Gasteiger partial charge in [0.25, 0.3) is 0 Å². The lowest BCUT2D eigenvalue weighted by molar-refractivity contribution is 0.899. The van der Waals surface area contributed by atoms with E-state index in [0.717, 1.165) is 33.9 Å². The van der Waals surface area contributed by atoms with Gasteiger partial charge in [-0.15, -0.1) is 0 Å². The highest BCUT2D eigenvalue weighted by Crippen LogP contribution is 2.24. The van der Waals surface area contributed by atoms with Crippen molar-refractivity contribution in [2.24, 2.45) is 0 Å². The summed E-state index contributed by atoms with van der Waals surface area (Å²) < 4.78 is 0.737. The zero-order valence-electron chi connectivity index (χ0n) is 9.16. The fraction of sp³-hybridized carbons (Fsp3) is 0.231. The number of aromatic amines is 1. The number of aromatic nitrogens is 2. The number of halogens is 1. The van der Waals surface area contributed by atoms with Gasteiger partial charge in [0.2, 0.25) is 0 Å². The van der Waals surface area contributed by atoms with Gasteiger partial charge in [-0.05, 0) is 43.5 Å². The van der Waals surface area contributed by atoms with Gasteiger partial charge < -0.3 is 4.98 Å². The second kappa shape index (κ2) is 4.24. The zero-order chi connectivity index (χ0) is 11.8. The van der Waals surface area contributed by atoms with E-state index >= 15 is 0 Å².